The molecule has 0 spiro atoms. The van der Waals surface area contributed by atoms with E-state index in [-0.39, 0.29) is 17.3 Å². The van der Waals surface area contributed by atoms with Gasteiger partial charge in [0.25, 0.3) is 10.0 Å². The number of nitrogens with one attached hydrogen (secondary N) is 1. The Hall–Kier alpha value is -3.65. The van der Waals surface area contributed by atoms with E-state index in [0.29, 0.717) is 18.7 Å². The molecule has 37 heavy (non-hydrogen) atoms. The van der Waals surface area contributed by atoms with Gasteiger partial charge in [-0.1, -0.05) is 67.6 Å². The molecule has 196 valence electrons. The molecule has 0 aliphatic heterocycles. The van der Waals surface area contributed by atoms with Gasteiger partial charge in [-0.15, -0.1) is 0 Å². The van der Waals surface area contributed by atoms with Crippen LogP contribution in [0.2, 0.25) is 0 Å². The van der Waals surface area contributed by atoms with E-state index in [2.05, 4.69) is 5.32 Å². The maximum atomic E-state index is 13.9. The van der Waals surface area contributed by atoms with Crippen LogP contribution in [0.4, 0.5) is 5.69 Å². The minimum Gasteiger partial charge on any atom is -0.355 e. The highest BCUT2D eigenvalue weighted by molar-refractivity contribution is 7.92. The molecule has 0 radical (unpaired) electrons. The number of benzene rings is 3. The molecule has 1 N–H and O–H groups in total. The van der Waals surface area contributed by atoms with Crippen LogP contribution < -0.4 is 9.62 Å². The number of hydrogen-bond donors (Lipinski definition) is 1. The van der Waals surface area contributed by atoms with Crippen LogP contribution in [0.5, 0.6) is 0 Å². The summed E-state index contributed by atoms with van der Waals surface area (Å²) >= 11 is 0. The third-order valence-electron chi connectivity index (χ3n) is 6.37. The first-order chi connectivity index (χ1) is 17.7. The minimum atomic E-state index is -4.07. The average Bonchev–Trinajstić information content (AvgIpc) is 2.91. The predicted octanol–water partition coefficient (Wildman–Crippen LogP) is 4.31. The van der Waals surface area contributed by atoms with Crippen molar-refractivity contribution in [1.82, 2.24) is 10.2 Å². The Morgan fingerprint density at radius 1 is 0.865 bits per heavy atom. The SMILES string of the molecule is CCNC(=O)[C@@H](C)N(Cc1ccccc1C)C(=O)CN(c1ccccc1CC)S(=O)(=O)c1ccccc1. The van der Waals surface area contributed by atoms with Crippen molar-refractivity contribution in [2.75, 3.05) is 17.4 Å². The first-order valence-corrected chi connectivity index (χ1v) is 13.9. The highest BCUT2D eigenvalue weighted by Crippen LogP contribution is 2.28. The zero-order valence-electron chi connectivity index (χ0n) is 21.8. The van der Waals surface area contributed by atoms with Gasteiger partial charge in [-0.3, -0.25) is 13.9 Å². The van der Waals surface area contributed by atoms with E-state index >= 15 is 0 Å². The molecule has 0 bridgehead atoms. The Morgan fingerprint density at radius 2 is 1.46 bits per heavy atom. The van der Waals surface area contributed by atoms with Gasteiger partial charge in [-0.05, 0) is 62.1 Å². The number of rotatable bonds is 11. The lowest BCUT2D eigenvalue weighted by molar-refractivity contribution is -0.139. The smallest absolute Gasteiger partial charge is 0.264 e. The van der Waals surface area contributed by atoms with Crippen LogP contribution in [0.25, 0.3) is 0 Å². The standard InChI is InChI=1S/C29H35N3O4S/c1-5-24-15-12-13-19-27(24)32(37(35,36)26-17-8-7-9-18-26)21-28(33)31(23(4)29(34)30-6-2)20-25-16-11-10-14-22(25)3/h7-19,23H,5-6,20-21H2,1-4H3,(H,30,34)/t23-/m1/s1. The van der Waals surface area contributed by atoms with Crippen LogP contribution in [0.3, 0.4) is 0 Å². The van der Waals surface area contributed by atoms with Crippen molar-refractivity contribution in [3.8, 4) is 0 Å². The number of amides is 2. The molecule has 1 atom stereocenters. The van der Waals surface area contributed by atoms with Crippen LogP contribution in [0.15, 0.2) is 83.8 Å². The zero-order valence-corrected chi connectivity index (χ0v) is 22.7. The van der Waals surface area contributed by atoms with Gasteiger partial charge in [0.15, 0.2) is 0 Å². The molecule has 3 aromatic rings. The second-order valence-electron chi connectivity index (χ2n) is 8.83. The van der Waals surface area contributed by atoms with Gasteiger partial charge in [0.2, 0.25) is 11.8 Å². The number of nitrogens with zero attached hydrogens (tertiary/aromatic N) is 2. The Kier molecular flexibility index (Phi) is 9.47. The quantitative estimate of drug-likeness (QED) is 0.408. The summed E-state index contributed by atoms with van der Waals surface area (Å²) in [7, 11) is -4.07. The summed E-state index contributed by atoms with van der Waals surface area (Å²) in [4.78, 5) is 28.3. The number of carbonyl (C=O) groups is 2. The molecule has 8 heteroatoms. The highest BCUT2D eigenvalue weighted by Gasteiger charge is 2.33. The molecule has 3 rings (SSSR count). The van der Waals surface area contributed by atoms with E-state index in [1.165, 1.54) is 21.3 Å². The lowest BCUT2D eigenvalue weighted by Gasteiger charge is -2.32. The van der Waals surface area contributed by atoms with Gasteiger partial charge in [0.05, 0.1) is 10.6 Å². The fourth-order valence-corrected chi connectivity index (χ4v) is 5.63. The molecule has 0 saturated carbocycles. The lowest BCUT2D eigenvalue weighted by atomic mass is 10.1. The van der Waals surface area contributed by atoms with Crippen molar-refractivity contribution in [2.45, 2.75) is 51.6 Å². The van der Waals surface area contributed by atoms with Crippen LogP contribution in [-0.4, -0.2) is 44.3 Å². The number of hydrogen-bond acceptors (Lipinski definition) is 4. The minimum absolute atomic E-state index is 0.0935. The largest absolute Gasteiger partial charge is 0.355 e. The summed E-state index contributed by atoms with van der Waals surface area (Å²) in [6, 6.07) is 22.1. The van der Waals surface area contributed by atoms with Crippen molar-refractivity contribution in [1.29, 1.82) is 0 Å². The molecular formula is C29H35N3O4S. The fourth-order valence-electron chi connectivity index (χ4n) is 4.16. The van der Waals surface area contributed by atoms with Crippen molar-refractivity contribution in [2.24, 2.45) is 0 Å². The Balaban J connectivity index is 2.07. The van der Waals surface area contributed by atoms with Crippen LogP contribution in [-0.2, 0) is 32.6 Å². The monoisotopic (exact) mass is 521 g/mol. The number of aryl methyl sites for hydroxylation is 2. The Bertz CT molecular complexity index is 1330. The summed E-state index contributed by atoms with van der Waals surface area (Å²) < 4.78 is 28.9. The normalized spacial score (nSPS) is 12.0. The second-order valence-corrected chi connectivity index (χ2v) is 10.7. The van der Waals surface area contributed by atoms with Crippen LogP contribution in [0.1, 0.15) is 37.5 Å². The number of likely N-dealkylation sites (N-methyl/N-ethyl adjacent to an activating group) is 1. The second kappa shape index (κ2) is 12.5. The van der Waals surface area contributed by atoms with Crippen molar-refractivity contribution in [3.05, 3.63) is 95.6 Å². The van der Waals surface area contributed by atoms with Gasteiger partial charge in [0.1, 0.15) is 12.6 Å². The molecule has 7 nitrogen and oxygen atoms in total. The summed E-state index contributed by atoms with van der Waals surface area (Å²) in [6.45, 7) is 7.52. The molecule has 0 fully saturated rings. The first kappa shape index (κ1) is 27.9. The molecule has 0 aliphatic carbocycles. The van der Waals surface area contributed by atoms with Gasteiger partial charge in [0, 0.05) is 13.1 Å². The summed E-state index contributed by atoms with van der Waals surface area (Å²) in [5.74, 6) is -0.761. The number of sulfonamides is 1. The Morgan fingerprint density at radius 3 is 2.08 bits per heavy atom. The van der Waals surface area contributed by atoms with Crippen LogP contribution >= 0.6 is 0 Å². The summed E-state index contributed by atoms with van der Waals surface area (Å²) in [5, 5.41) is 2.78. The molecule has 0 aromatic heterocycles. The van der Waals surface area contributed by atoms with Crippen molar-refractivity contribution >= 4 is 27.5 Å². The topological polar surface area (TPSA) is 86.8 Å². The average molecular weight is 522 g/mol. The molecule has 3 aromatic carbocycles. The predicted molar refractivity (Wildman–Crippen MR) is 147 cm³/mol. The third kappa shape index (κ3) is 6.57. The Labute approximate surface area is 220 Å². The molecular weight excluding hydrogens is 486 g/mol. The van der Waals surface area contributed by atoms with E-state index in [1.807, 2.05) is 57.2 Å². The number of para-hydroxylation sites is 1. The summed E-state index contributed by atoms with van der Waals surface area (Å²) in [5.41, 5.74) is 3.12. The van der Waals surface area contributed by atoms with Crippen molar-refractivity contribution < 1.29 is 18.0 Å². The van der Waals surface area contributed by atoms with E-state index < -0.39 is 28.5 Å². The van der Waals surface area contributed by atoms with Crippen molar-refractivity contribution in [3.63, 3.8) is 0 Å². The molecule has 0 heterocycles. The van der Waals surface area contributed by atoms with Gasteiger partial charge in [-0.2, -0.15) is 0 Å². The van der Waals surface area contributed by atoms with E-state index in [4.69, 9.17) is 0 Å². The maximum absolute atomic E-state index is 13.9. The van der Waals surface area contributed by atoms with Gasteiger partial charge in [-0.25, -0.2) is 8.42 Å². The number of carbonyl (C=O) groups excluding carboxylic acids is 2. The van der Waals surface area contributed by atoms with E-state index in [1.54, 1.807) is 37.3 Å². The third-order valence-corrected chi connectivity index (χ3v) is 8.15. The molecule has 0 aliphatic rings. The van der Waals surface area contributed by atoms with E-state index in [9.17, 15) is 18.0 Å². The lowest BCUT2D eigenvalue weighted by Crippen LogP contribution is -2.51. The van der Waals surface area contributed by atoms with Gasteiger partial charge < -0.3 is 10.2 Å². The highest BCUT2D eigenvalue weighted by atomic mass is 32.2. The van der Waals surface area contributed by atoms with Crippen LogP contribution in [0, 0.1) is 6.92 Å². The molecule has 2 amide bonds. The number of anilines is 1. The maximum Gasteiger partial charge on any atom is 0.264 e. The van der Waals surface area contributed by atoms with E-state index in [0.717, 1.165) is 16.7 Å². The zero-order chi connectivity index (χ0) is 27.0. The summed E-state index contributed by atoms with van der Waals surface area (Å²) in [6.07, 6.45) is 0.591. The molecule has 0 unspecified atom stereocenters. The molecule has 0 saturated heterocycles. The van der Waals surface area contributed by atoms with Gasteiger partial charge >= 0.3 is 0 Å². The first-order valence-electron chi connectivity index (χ1n) is 12.5. The fraction of sp³-hybridized carbons (Fsp3) is 0.310.